The molecule has 0 saturated carbocycles. The minimum absolute atomic E-state index is 0.0657. The summed E-state index contributed by atoms with van der Waals surface area (Å²) in [6, 6.07) is 2.93. The van der Waals surface area contributed by atoms with Gasteiger partial charge in [-0.3, -0.25) is 14.9 Å². The number of thioether (sulfide) groups is 1. The van der Waals surface area contributed by atoms with Crippen LogP contribution in [0.4, 0.5) is 18.9 Å². The second-order valence-corrected chi connectivity index (χ2v) is 5.52. The number of carbonyl (C=O) groups excluding carboxylic acids is 1. The Morgan fingerprint density at radius 1 is 1.47 bits per heavy atom. The molecular weight excluding hydrogens is 351 g/mol. The van der Waals surface area contributed by atoms with Crippen molar-refractivity contribution in [2.45, 2.75) is 22.2 Å². The molecule has 0 aliphatic carbocycles. The molecule has 4 nitrogen and oxygen atoms in total. The maximum Gasteiger partial charge on any atom is 0.446 e. The fourth-order valence-corrected chi connectivity index (χ4v) is 2.49. The molecule has 0 aliphatic rings. The molecule has 1 unspecified atom stereocenters. The van der Waals surface area contributed by atoms with Crippen molar-refractivity contribution in [3.8, 4) is 0 Å². The summed E-state index contributed by atoms with van der Waals surface area (Å²) in [5, 5.41) is 10.6. The smallest absolute Gasteiger partial charge is 0.298 e. The number of hydrogen-bond acceptors (Lipinski definition) is 4. The first-order chi connectivity index (χ1) is 8.61. The summed E-state index contributed by atoms with van der Waals surface area (Å²) < 4.78 is 37.1. The zero-order valence-corrected chi connectivity index (χ0v) is 11.8. The lowest BCUT2D eigenvalue weighted by atomic mass is 10.1. The van der Waals surface area contributed by atoms with Gasteiger partial charge in [0.1, 0.15) is 5.78 Å². The first kappa shape index (κ1) is 16.0. The Balaban J connectivity index is 3.30. The van der Waals surface area contributed by atoms with E-state index in [0.717, 1.165) is 18.2 Å². The number of nitro benzene ring substituents is 1. The van der Waals surface area contributed by atoms with Crippen molar-refractivity contribution in [3.05, 3.63) is 33.9 Å². The molecule has 9 heteroatoms. The van der Waals surface area contributed by atoms with Gasteiger partial charge < -0.3 is 0 Å². The highest BCUT2D eigenvalue weighted by Gasteiger charge is 2.32. The largest absolute Gasteiger partial charge is 0.446 e. The third kappa shape index (κ3) is 4.50. The highest BCUT2D eigenvalue weighted by molar-refractivity contribution is 9.09. The van der Waals surface area contributed by atoms with Crippen LogP contribution in [-0.4, -0.2) is 16.2 Å². The van der Waals surface area contributed by atoms with E-state index in [-0.39, 0.29) is 16.1 Å². The maximum absolute atomic E-state index is 12.4. The van der Waals surface area contributed by atoms with Crippen molar-refractivity contribution >= 4 is 39.2 Å². The quantitative estimate of drug-likeness (QED) is 0.350. The van der Waals surface area contributed by atoms with Gasteiger partial charge in [0.15, 0.2) is 0 Å². The van der Waals surface area contributed by atoms with Crippen LogP contribution in [0.2, 0.25) is 0 Å². The minimum atomic E-state index is -4.53. The normalized spacial score (nSPS) is 13.1. The summed E-state index contributed by atoms with van der Waals surface area (Å²) in [6.07, 6.45) is 0. The van der Waals surface area contributed by atoms with Crippen LogP contribution in [-0.2, 0) is 4.79 Å². The van der Waals surface area contributed by atoms with Gasteiger partial charge in [-0.05, 0) is 30.3 Å². The highest BCUT2D eigenvalue weighted by atomic mass is 79.9. The Morgan fingerprint density at radius 2 is 2.05 bits per heavy atom. The van der Waals surface area contributed by atoms with Crippen molar-refractivity contribution in [3.63, 3.8) is 0 Å². The van der Waals surface area contributed by atoms with Crippen molar-refractivity contribution in [2.75, 3.05) is 0 Å². The number of Topliss-reactive ketones (excluding diaryl/α,β-unsaturated/α-hetero) is 1. The number of nitro groups is 1. The maximum atomic E-state index is 12.4. The van der Waals surface area contributed by atoms with Crippen LogP contribution in [0.1, 0.15) is 17.3 Å². The Labute approximate surface area is 118 Å². The van der Waals surface area contributed by atoms with Crippen LogP contribution in [0.3, 0.4) is 0 Å². The summed E-state index contributed by atoms with van der Waals surface area (Å²) >= 11 is 2.53. The molecule has 104 valence electrons. The van der Waals surface area contributed by atoms with E-state index in [1.54, 1.807) is 0 Å². The van der Waals surface area contributed by atoms with Crippen molar-refractivity contribution < 1.29 is 22.9 Å². The molecule has 1 rings (SSSR count). The third-order valence-electron chi connectivity index (χ3n) is 2.06. The number of benzene rings is 1. The zero-order chi connectivity index (χ0) is 14.8. The van der Waals surface area contributed by atoms with Crippen LogP contribution < -0.4 is 0 Å². The van der Waals surface area contributed by atoms with E-state index in [1.807, 2.05) is 0 Å². The fourth-order valence-electron chi connectivity index (χ4n) is 1.28. The van der Waals surface area contributed by atoms with Gasteiger partial charge in [-0.25, -0.2) is 0 Å². The molecule has 0 aliphatic heterocycles. The van der Waals surface area contributed by atoms with Crippen LogP contribution >= 0.6 is 27.7 Å². The lowest BCUT2D eigenvalue weighted by Gasteiger charge is -2.13. The van der Waals surface area contributed by atoms with E-state index in [0.29, 0.717) is 0 Å². The lowest BCUT2D eigenvalue weighted by Crippen LogP contribution is -2.06. The monoisotopic (exact) mass is 357 g/mol. The number of alkyl halides is 4. The lowest BCUT2D eigenvalue weighted by molar-refractivity contribution is -0.385. The molecular formula is C10H7BrF3NO3S. The van der Waals surface area contributed by atoms with Crippen molar-refractivity contribution in [1.82, 2.24) is 0 Å². The summed E-state index contributed by atoms with van der Waals surface area (Å²) in [5.74, 6) is -0.440. The van der Waals surface area contributed by atoms with Gasteiger partial charge in [0.05, 0.1) is 9.75 Å². The average Bonchev–Trinajstić information content (AvgIpc) is 2.26. The Bertz CT molecular complexity index is 521. The molecule has 0 bridgehead atoms. The zero-order valence-electron chi connectivity index (χ0n) is 9.40. The van der Waals surface area contributed by atoms with E-state index in [9.17, 15) is 28.1 Å². The first-order valence-electron chi connectivity index (χ1n) is 4.80. The highest BCUT2D eigenvalue weighted by Crippen LogP contribution is 2.43. The molecule has 1 aromatic rings. The van der Waals surface area contributed by atoms with Crippen LogP contribution in [0.15, 0.2) is 23.1 Å². The molecule has 0 N–H and O–H groups in total. The summed E-state index contributed by atoms with van der Waals surface area (Å²) in [6.45, 7) is 1.18. The van der Waals surface area contributed by atoms with E-state index in [4.69, 9.17) is 0 Å². The van der Waals surface area contributed by atoms with Gasteiger partial charge in [0.2, 0.25) is 0 Å². The SMILES string of the molecule is CC(=O)C(Br)c1cc([N+](=O)[O-])ccc1SC(F)(F)F. The van der Waals surface area contributed by atoms with Gasteiger partial charge in [-0.1, -0.05) is 15.9 Å². The standard InChI is InChI=1S/C10H7BrF3NO3S/c1-5(16)9(11)7-4-6(15(17)18)2-3-8(7)19-10(12,13)14/h2-4,9H,1H3. The second-order valence-electron chi connectivity index (χ2n) is 3.50. The second kappa shape index (κ2) is 5.91. The number of carbonyl (C=O) groups is 1. The Hall–Kier alpha value is -1.09. The Morgan fingerprint density at radius 3 is 2.47 bits per heavy atom. The topological polar surface area (TPSA) is 60.2 Å². The van der Waals surface area contributed by atoms with E-state index in [2.05, 4.69) is 15.9 Å². The number of non-ortho nitro benzene ring substituents is 1. The Kier molecular flexibility index (Phi) is 4.97. The molecule has 19 heavy (non-hydrogen) atoms. The summed E-state index contributed by atoms with van der Waals surface area (Å²) in [5.41, 5.74) is -4.97. The van der Waals surface area contributed by atoms with Crippen LogP contribution in [0, 0.1) is 10.1 Å². The van der Waals surface area contributed by atoms with E-state index >= 15 is 0 Å². The molecule has 0 fully saturated rings. The third-order valence-corrected chi connectivity index (χ3v) is 4.02. The number of ketones is 1. The first-order valence-corrected chi connectivity index (χ1v) is 6.53. The van der Waals surface area contributed by atoms with Gasteiger partial charge in [-0.2, -0.15) is 13.2 Å². The molecule has 0 amide bonds. The van der Waals surface area contributed by atoms with Crippen LogP contribution in [0.25, 0.3) is 0 Å². The number of rotatable bonds is 4. The predicted octanol–water partition coefficient (Wildman–Crippen LogP) is 4.23. The van der Waals surface area contributed by atoms with Gasteiger partial charge in [0.25, 0.3) is 5.69 Å². The van der Waals surface area contributed by atoms with Crippen molar-refractivity contribution in [2.24, 2.45) is 0 Å². The minimum Gasteiger partial charge on any atom is -0.298 e. The fraction of sp³-hybridized carbons (Fsp3) is 0.300. The summed E-state index contributed by atoms with van der Waals surface area (Å²) in [4.78, 5) is 19.9. The number of halogens is 4. The van der Waals surface area contributed by atoms with E-state index < -0.39 is 32.8 Å². The molecule has 0 spiro atoms. The van der Waals surface area contributed by atoms with Gasteiger partial charge >= 0.3 is 5.51 Å². The summed E-state index contributed by atoms with van der Waals surface area (Å²) in [7, 11) is 0. The molecule has 0 radical (unpaired) electrons. The number of nitrogens with zero attached hydrogens (tertiary/aromatic N) is 1. The van der Waals surface area contributed by atoms with Gasteiger partial charge in [-0.15, -0.1) is 0 Å². The number of hydrogen-bond donors (Lipinski definition) is 0. The van der Waals surface area contributed by atoms with Crippen molar-refractivity contribution in [1.29, 1.82) is 0 Å². The van der Waals surface area contributed by atoms with Crippen LogP contribution in [0.5, 0.6) is 0 Å². The molecule has 0 heterocycles. The molecule has 0 aromatic heterocycles. The molecule has 0 saturated heterocycles. The van der Waals surface area contributed by atoms with E-state index in [1.165, 1.54) is 6.92 Å². The average molecular weight is 358 g/mol. The predicted molar refractivity (Wildman–Crippen MR) is 67.4 cm³/mol. The molecule has 1 atom stereocenters. The van der Waals surface area contributed by atoms with Gasteiger partial charge in [0, 0.05) is 17.0 Å². The molecule has 1 aromatic carbocycles.